The van der Waals surface area contributed by atoms with E-state index < -0.39 is 11.7 Å². The third kappa shape index (κ3) is 4.47. The summed E-state index contributed by atoms with van der Waals surface area (Å²) in [6, 6.07) is 32.0. The molecule has 1 aromatic heterocycles. The Bertz CT molecular complexity index is 2160. The normalized spacial score (nSPS) is 13.2. The molecule has 0 fully saturated rings. The number of fused-ring (bicyclic) bond motifs is 7. The first kappa shape index (κ1) is 27.5. The second kappa shape index (κ2) is 9.09. The summed E-state index contributed by atoms with van der Waals surface area (Å²) in [6.45, 7) is 13.5. The van der Waals surface area contributed by atoms with Crippen LogP contribution in [0.25, 0.3) is 59.8 Å². The van der Waals surface area contributed by atoms with E-state index in [1.807, 2.05) is 24.3 Å². The molecule has 0 unspecified atom stereocenters. The first-order chi connectivity index (χ1) is 20.2. The lowest BCUT2D eigenvalue weighted by Gasteiger charge is -2.19. The van der Waals surface area contributed by atoms with Crippen molar-refractivity contribution < 1.29 is 13.2 Å². The van der Waals surface area contributed by atoms with Crippen LogP contribution in [0.5, 0.6) is 0 Å². The van der Waals surface area contributed by atoms with Crippen molar-refractivity contribution >= 4 is 54.1 Å². The van der Waals surface area contributed by atoms with Gasteiger partial charge in [0.2, 0.25) is 0 Å². The van der Waals surface area contributed by atoms with Gasteiger partial charge in [-0.15, -0.1) is 0 Å². The number of halogens is 3. The summed E-state index contributed by atoms with van der Waals surface area (Å²) in [6.07, 6.45) is -4.38. The summed E-state index contributed by atoms with van der Waals surface area (Å²) in [5.74, 6) is 0. The molecule has 0 spiro atoms. The van der Waals surface area contributed by atoms with Gasteiger partial charge in [0.25, 0.3) is 0 Å². The van der Waals surface area contributed by atoms with Crippen molar-refractivity contribution in [1.29, 1.82) is 0 Å². The van der Waals surface area contributed by atoms with Crippen molar-refractivity contribution in [1.82, 2.24) is 4.57 Å². The zero-order valence-corrected chi connectivity index (χ0v) is 25.3. The second-order valence-corrected chi connectivity index (χ2v) is 13.9. The number of hydrogen-bond acceptors (Lipinski definition) is 0. The van der Waals surface area contributed by atoms with Crippen LogP contribution in [-0.4, -0.2) is 4.57 Å². The molecule has 0 saturated heterocycles. The van der Waals surface area contributed by atoms with Gasteiger partial charge < -0.3 is 4.57 Å². The minimum Gasteiger partial charge on any atom is -0.309 e. The molecule has 6 aromatic carbocycles. The Labute approximate surface area is 249 Å². The zero-order chi connectivity index (χ0) is 30.5. The fourth-order valence-corrected chi connectivity index (χ4v) is 6.41. The molecule has 0 bridgehead atoms. The summed E-state index contributed by atoms with van der Waals surface area (Å²) in [4.78, 5) is 0. The molecule has 0 amide bonds. The average Bonchev–Trinajstić information content (AvgIpc) is 3.27. The molecule has 1 heterocycles. The van der Waals surface area contributed by atoms with E-state index in [2.05, 4.69) is 101 Å². The molecule has 1 nitrogen and oxygen atoms in total. The van der Waals surface area contributed by atoms with Gasteiger partial charge >= 0.3 is 6.18 Å². The topological polar surface area (TPSA) is 4.93 Å². The van der Waals surface area contributed by atoms with E-state index in [0.717, 1.165) is 43.7 Å². The van der Waals surface area contributed by atoms with Gasteiger partial charge in [-0.3, -0.25) is 0 Å². The van der Waals surface area contributed by atoms with Crippen LogP contribution < -0.4 is 0 Å². The van der Waals surface area contributed by atoms with Crippen molar-refractivity contribution in [2.45, 2.75) is 58.5 Å². The van der Waals surface area contributed by atoms with E-state index in [1.54, 1.807) is 6.07 Å². The van der Waals surface area contributed by atoms with E-state index in [4.69, 9.17) is 0 Å². The Balaban J connectivity index is 1.59. The highest BCUT2D eigenvalue weighted by Gasteiger charge is 2.30. The van der Waals surface area contributed by atoms with Crippen LogP contribution in [-0.2, 0) is 17.0 Å². The van der Waals surface area contributed by atoms with E-state index in [-0.39, 0.29) is 10.8 Å². The Morgan fingerprint density at radius 3 is 1.56 bits per heavy atom. The lowest BCUT2D eigenvalue weighted by atomic mass is 9.85. The summed E-state index contributed by atoms with van der Waals surface area (Å²) in [5.41, 5.74) is 5.28. The van der Waals surface area contributed by atoms with Crippen molar-refractivity contribution in [3.05, 3.63) is 114 Å². The molecule has 216 valence electrons. The highest BCUT2D eigenvalue weighted by molar-refractivity contribution is 6.17. The van der Waals surface area contributed by atoms with Gasteiger partial charge in [-0.05, 0) is 103 Å². The van der Waals surface area contributed by atoms with Crippen LogP contribution in [0.4, 0.5) is 13.2 Å². The number of hydrogen-bond donors (Lipinski definition) is 0. The molecule has 43 heavy (non-hydrogen) atoms. The Kier molecular flexibility index (Phi) is 5.82. The molecular weight excluding hydrogens is 539 g/mol. The van der Waals surface area contributed by atoms with Crippen molar-refractivity contribution in [3.8, 4) is 5.69 Å². The Hall–Kier alpha value is -4.31. The lowest BCUT2D eigenvalue weighted by molar-refractivity contribution is -0.137. The largest absolute Gasteiger partial charge is 0.416 e. The maximum atomic E-state index is 13.5. The SMILES string of the molecule is CC(C)(C)c1ccc2c(c1)c1cc(C(C)(C)C)ccc1n2-c1cc2cc3ccc(C(F)(F)F)cc3cc2c2ccccc12. The van der Waals surface area contributed by atoms with Crippen LogP contribution in [0.1, 0.15) is 58.2 Å². The van der Waals surface area contributed by atoms with Crippen LogP contribution in [0.3, 0.4) is 0 Å². The third-order valence-corrected chi connectivity index (χ3v) is 8.86. The molecule has 7 aromatic rings. The molecule has 0 radical (unpaired) electrons. The number of benzene rings is 6. The molecule has 7 rings (SSSR count). The number of rotatable bonds is 1. The number of nitrogens with zero attached hydrogens (tertiary/aromatic N) is 1. The first-order valence-electron chi connectivity index (χ1n) is 14.8. The maximum absolute atomic E-state index is 13.5. The van der Waals surface area contributed by atoms with Gasteiger partial charge in [-0.2, -0.15) is 13.2 Å². The van der Waals surface area contributed by atoms with Crippen molar-refractivity contribution in [2.24, 2.45) is 0 Å². The van der Waals surface area contributed by atoms with Crippen LogP contribution in [0.15, 0.2) is 97.1 Å². The van der Waals surface area contributed by atoms with Gasteiger partial charge in [0, 0.05) is 16.2 Å². The second-order valence-electron chi connectivity index (χ2n) is 13.9. The minimum absolute atomic E-state index is 0.00688. The van der Waals surface area contributed by atoms with Gasteiger partial charge in [-0.1, -0.05) is 84.0 Å². The summed E-state index contributed by atoms with van der Waals surface area (Å²) in [7, 11) is 0. The van der Waals surface area contributed by atoms with Gasteiger partial charge in [-0.25, -0.2) is 0 Å². The maximum Gasteiger partial charge on any atom is 0.416 e. The minimum atomic E-state index is -4.38. The van der Waals surface area contributed by atoms with Crippen LogP contribution in [0, 0.1) is 0 Å². The fourth-order valence-electron chi connectivity index (χ4n) is 6.41. The lowest BCUT2D eigenvalue weighted by Crippen LogP contribution is -2.10. The highest BCUT2D eigenvalue weighted by Crippen LogP contribution is 2.41. The third-order valence-electron chi connectivity index (χ3n) is 8.86. The predicted octanol–water partition coefficient (Wildman–Crippen LogP) is 11.9. The first-order valence-corrected chi connectivity index (χ1v) is 14.8. The summed E-state index contributed by atoms with van der Waals surface area (Å²) in [5, 5.41) is 7.81. The number of aromatic nitrogens is 1. The van der Waals surface area contributed by atoms with Crippen molar-refractivity contribution in [3.63, 3.8) is 0 Å². The summed E-state index contributed by atoms with van der Waals surface area (Å²) < 4.78 is 42.9. The molecular formula is C39H34F3N. The van der Waals surface area contributed by atoms with E-state index >= 15 is 0 Å². The molecule has 0 aliphatic heterocycles. The summed E-state index contributed by atoms with van der Waals surface area (Å²) >= 11 is 0. The molecule has 0 N–H and O–H groups in total. The Morgan fingerprint density at radius 1 is 0.442 bits per heavy atom. The molecule has 0 saturated carbocycles. The van der Waals surface area contributed by atoms with Gasteiger partial charge in [0.05, 0.1) is 22.3 Å². The van der Waals surface area contributed by atoms with Crippen molar-refractivity contribution in [2.75, 3.05) is 0 Å². The Morgan fingerprint density at radius 2 is 1.00 bits per heavy atom. The van der Waals surface area contributed by atoms with E-state index in [9.17, 15) is 13.2 Å². The van der Waals surface area contributed by atoms with Crippen LogP contribution >= 0.6 is 0 Å². The van der Waals surface area contributed by atoms with Crippen LogP contribution in [0.2, 0.25) is 0 Å². The molecule has 4 heteroatoms. The monoisotopic (exact) mass is 573 g/mol. The smallest absolute Gasteiger partial charge is 0.309 e. The standard InChI is InChI=1S/C39H34F3N/c1-37(2,3)26-13-15-34-32(21-26)33-22-27(38(4,5)6)14-16-35(33)43(34)36-20-25-17-23-11-12-28(39(40,41)42)18-24(23)19-31(25)29-9-7-8-10-30(29)36/h7-22H,1-6H3. The van der Waals surface area contributed by atoms with E-state index in [1.165, 1.54) is 34.0 Å². The number of alkyl halides is 3. The average molecular weight is 574 g/mol. The molecule has 0 aliphatic carbocycles. The highest BCUT2D eigenvalue weighted by atomic mass is 19.4. The molecule has 0 aliphatic rings. The molecule has 0 atom stereocenters. The van der Waals surface area contributed by atoms with Gasteiger partial charge in [0.1, 0.15) is 0 Å². The van der Waals surface area contributed by atoms with Gasteiger partial charge in [0.15, 0.2) is 0 Å². The quantitative estimate of drug-likeness (QED) is 0.136. The zero-order valence-electron chi connectivity index (χ0n) is 25.3. The fraction of sp³-hybridized carbons (Fsp3) is 0.231. The predicted molar refractivity (Wildman–Crippen MR) is 176 cm³/mol. The van der Waals surface area contributed by atoms with E-state index in [0.29, 0.717) is 5.39 Å².